The van der Waals surface area contributed by atoms with Crippen molar-refractivity contribution in [3.8, 4) is 0 Å². The average molecular weight is 221 g/mol. The van der Waals surface area contributed by atoms with Crippen molar-refractivity contribution in [1.29, 1.82) is 0 Å². The maximum absolute atomic E-state index is 13.0. The average Bonchev–Trinajstić information content (AvgIpc) is 2.73. The summed E-state index contributed by atoms with van der Waals surface area (Å²) >= 11 is 0. The van der Waals surface area contributed by atoms with Gasteiger partial charge in [0.25, 0.3) is 0 Å². The van der Waals surface area contributed by atoms with Crippen LogP contribution in [0.5, 0.6) is 0 Å². The lowest BCUT2D eigenvalue weighted by Gasteiger charge is -2.16. The van der Waals surface area contributed by atoms with Crippen LogP contribution in [0, 0.1) is 5.92 Å². The predicted molar refractivity (Wildman–Crippen MR) is 60.9 cm³/mol. The van der Waals surface area contributed by atoms with Gasteiger partial charge in [0.15, 0.2) is 0 Å². The van der Waals surface area contributed by atoms with Crippen LogP contribution in [-0.2, 0) is 4.79 Å². The molecule has 0 spiro atoms. The quantitative estimate of drug-likeness (QED) is 0.830. The molecule has 1 heterocycles. The van der Waals surface area contributed by atoms with Gasteiger partial charge < -0.3 is 5.32 Å². The number of hydrogen-bond acceptors (Lipinski definition) is 1. The zero-order chi connectivity index (χ0) is 11.4. The van der Waals surface area contributed by atoms with E-state index in [4.69, 9.17) is 0 Å². The van der Waals surface area contributed by atoms with Gasteiger partial charge in [-0.15, -0.1) is 0 Å². The third kappa shape index (κ3) is 2.60. The second-order valence-corrected chi connectivity index (χ2v) is 4.37. The molecule has 0 bridgehead atoms. The first-order chi connectivity index (χ1) is 7.79. The molecule has 0 aliphatic carbocycles. The van der Waals surface area contributed by atoms with E-state index in [2.05, 4.69) is 5.32 Å². The summed E-state index contributed by atoms with van der Waals surface area (Å²) in [5, 5.41) is 2.79. The highest BCUT2D eigenvalue weighted by Gasteiger charge is 2.25. The molecule has 0 radical (unpaired) electrons. The summed E-state index contributed by atoms with van der Waals surface area (Å²) in [5.74, 6) is 0.308. The molecule has 1 amide bonds. The van der Waals surface area contributed by atoms with E-state index in [1.54, 1.807) is 0 Å². The number of nitrogens with one attached hydrogen (secondary N) is 1. The monoisotopic (exact) mass is 221 g/mol. The number of carbonyl (C=O) groups excluding carboxylic acids is 1. The molecule has 86 valence electrons. The Morgan fingerprint density at radius 1 is 1.38 bits per heavy atom. The Balaban J connectivity index is 1.98. The Morgan fingerprint density at radius 3 is 2.69 bits per heavy atom. The minimum atomic E-state index is -0.352. The van der Waals surface area contributed by atoms with Crippen molar-refractivity contribution in [1.82, 2.24) is 5.32 Å². The van der Waals surface area contributed by atoms with Gasteiger partial charge in [-0.3, -0.25) is 9.18 Å². The fourth-order valence-corrected chi connectivity index (χ4v) is 2.25. The molecule has 1 aliphatic heterocycles. The van der Waals surface area contributed by atoms with Crippen LogP contribution in [0.1, 0.15) is 24.3 Å². The summed E-state index contributed by atoms with van der Waals surface area (Å²) in [5.41, 5.74) is 1.03. The van der Waals surface area contributed by atoms with E-state index in [-0.39, 0.29) is 24.4 Å². The summed E-state index contributed by atoms with van der Waals surface area (Å²) in [6.07, 6.45) is 1.29. The van der Waals surface area contributed by atoms with Crippen LogP contribution in [-0.4, -0.2) is 19.1 Å². The molecular formula is C13H16FNO. The third-order valence-corrected chi connectivity index (χ3v) is 3.14. The summed E-state index contributed by atoms with van der Waals surface area (Å²) in [6, 6.07) is 9.69. The maximum atomic E-state index is 13.0. The molecule has 1 saturated heterocycles. The molecule has 1 aromatic rings. The van der Waals surface area contributed by atoms with Gasteiger partial charge in [-0.2, -0.15) is 0 Å². The molecular weight excluding hydrogens is 205 g/mol. The largest absolute Gasteiger partial charge is 0.356 e. The summed E-state index contributed by atoms with van der Waals surface area (Å²) in [6.45, 7) is 0.344. The molecule has 2 rings (SSSR count). The van der Waals surface area contributed by atoms with E-state index in [1.165, 1.54) is 0 Å². The second kappa shape index (κ2) is 5.10. The molecule has 2 nitrogen and oxygen atoms in total. The highest BCUT2D eigenvalue weighted by molar-refractivity contribution is 5.78. The van der Waals surface area contributed by atoms with Gasteiger partial charge in [-0.05, 0) is 17.9 Å². The van der Waals surface area contributed by atoms with Crippen molar-refractivity contribution in [2.45, 2.75) is 18.8 Å². The molecule has 0 saturated carbocycles. The highest BCUT2D eigenvalue weighted by atomic mass is 19.1. The fraction of sp³-hybridized carbons (Fsp3) is 0.462. The normalized spacial score (nSPS) is 21.8. The first-order valence-electron chi connectivity index (χ1n) is 5.67. The van der Waals surface area contributed by atoms with Crippen LogP contribution in [0.3, 0.4) is 0 Å². The lowest BCUT2D eigenvalue weighted by Crippen LogP contribution is -2.15. The predicted octanol–water partition coefficient (Wildman–Crippen LogP) is 2.27. The maximum Gasteiger partial charge on any atom is 0.220 e. The van der Waals surface area contributed by atoms with Crippen LogP contribution in [0.2, 0.25) is 0 Å². The topological polar surface area (TPSA) is 29.1 Å². The molecule has 3 heteroatoms. The molecule has 2 atom stereocenters. The number of benzene rings is 1. The summed E-state index contributed by atoms with van der Waals surface area (Å²) < 4.78 is 13.0. The van der Waals surface area contributed by atoms with Gasteiger partial charge >= 0.3 is 0 Å². The van der Waals surface area contributed by atoms with Crippen molar-refractivity contribution in [2.75, 3.05) is 13.2 Å². The van der Waals surface area contributed by atoms with Crippen LogP contribution in [0.25, 0.3) is 0 Å². The van der Waals surface area contributed by atoms with Crippen molar-refractivity contribution in [2.24, 2.45) is 5.92 Å². The van der Waals surface area contributed by atoms with E-state index in [0.29, 0.717) is 13.0 Å². The van der Waals surface area contributed by atoms with Crippen molar-refractivity contribution < 1.29 is 9.18 Å². The molecule has 16 heavy (non-hydrogen) atoms. The SMILES string of the molecule is O=C1CC(CC(CF)c2ccccc2)CN1. The minimum Gasteiger partial charge on any atom is -0.356 e. The lowest BCUT2D eigenvalue weighted by molar-refractivity contribution is -0.119. The minimum absolute atomic E-state index is 0.0705. The van der Waals surface area contributed by atoms with Gasteiger partial charge in [0.2, 0.25) is 5.91 Å². The Morgan fingerprint density at radius 2 is 2.12 bits per heavy atom. The Kier molecular flexibility index (Phi) is 3.54. The summed E-state index contributed by atoms with van der Waals surface area (Å²) in [4.78, 5) is 11.1. The van der Waals surface area contributed by atoms with Crippen LogP contribution in [0.15, 0.2) is 30.3 Å². The smallest absolute Gasteiger partial charge is 0.220 e. The van der Waals surface area contributed by atoms with Gasteiger partial charge in [-0.1, -0.05) is 30.3 Å². The Bertz CT molecular complexity index is 352. The zero-order valence-corrected chi connectivity index (χ0v) is 9.16. The number of amides is 1. The molecule has 1 fully saturated rings. The van der Waals surface area contributed by atoms with E-state index < -0.39 is 0 Å². The van der Waals surface area contributed by atoms with E-state index in [9.17, 15) is 9.18 Å². The van der Waals surface area contributed by atoms with Gasteiger partial charge in [0.1, 0.15) is 0 Å². The molecule has 1 aliphatic rings. The first-order valence-corrected chi connectivity index (χ1v) is 5.67. The molecule has 0 aromatic heterocycles. The number of hydrogen-bond donors (Lipinski definition) is 1. The van der Waals surface area contributed by atoms with Crippen LogP contribution >= 0.6 is 0 Å². The zero-order valence-electron chi connectivity index (χ0n) is 9.16. The lowest BCUT2D eigenvalue weighted by atomic mass is 9.89. The Hall–Kier alpha value is -1.38. The van der Waals surface area contributed by atoms with Gasteiger partial charge in [-0.25, -0.2) is 0 Å². The molecule has 2 unspecified atom stereocenters. The van der Waals surface area contributed by atoms with Crippen LogP contribution < -0.4 is 5.32 Å². The third-order valence-electron chi connectivity index (χ3n) is 3.14. The number of alkyl halides is 1. The van der Waals surface area contributed by atoms with Crippen molar-refractivity contribution in [3.63, 3.8) is 0 Å². The summed E-state index contributed by atoms with van der Waals surface area (Å²) in [7, 11) is 0. The fourth-order valence-electron chi connectivity index (χ4n) is 2.25. The van der Waals surface area contributed by atoms with E-state index >= 15 is 0 Å². The van der Waals surface area contributed by atoms with Crippen molar-refractivity contribution in [3.05, 3.63) is 35.9 Å². The molecule has 1 N–H and O–H groups in total. The highest BCUT2D eigenvalue weighted by Crippen LogP contribution is 2.27. The Labute approximate surface area is 94.9 Å². The second-order valence-electron chi connectivity index (χ2n) is 4.37. The van der Waals surface area contributed by atoms with Crippen LogP contribution in [0.4, 0.5) is 4.39 Å². The number of carbonyl (C=O) groups is 1. The number of halogens is 1. The first kappa shape index (κ1) is 11.1. The van der Waals surface area contributed by atoms with E-state index in [0.717, 1.165) is 12.0 Å². The van der Waals surface area contributed by atoms with Gasteiger partial charge in [0, 0.05) is 18.9 Å². The van der Waals surface area contributed by atoms with E-state index in [1.807, 2.05) is 30.3 Å². The molecule has 1 aromatic carbocycles. The van der Waals surface area contributed by atoms with Crippen molar-refractivity contribution >= 4 is 5.91 Å². The van der Waals surface area contributed by atoms with Gasteiger partial charge in [0.05, 0.1) is 6.67 Å². The number of rotatable bonds is 4. The standard InChI is InChI=1S/C13H16FNO/c14-8-12(11-4-2-1-3-5-11)6-10-7-13(16)15-9-10/h1-5,10,12H,6-9H2,(H,15,16).